The first-order chi connectivity index (χ1) is 10.0. The van der Waals surface area contributed by atoms with Crippen molar-refractivity contribution in [2.75, 3.05) is 6.61 Å². The van der Waals surface area contributed by atoms with E-state index in [4.69, 9.17) is 9.84 Å². The summed E-state index contributed by atoms with van der Waals surface area (Å²) in [5.74, 6) is 0. The second kappa shape index (κ2) is 5.66. The molecule has 0 radical (unpaired) electrons. The normalized spacial score (nSPS) is 33.4. The topological polar surface area (TPSA) is 112 Å². The molecule has 1 aromatic carbocycles. The van der Waals surface area contributed by atoms with Gasteiger partial charge in [-0.1, -0.05) is 0 Å². The van der Waals surface area contributed by atoms with Gasteiger partial charge in [-0.25, -0.2) is 0 Å². The third kappa shape index (κ3) is 2.39. The van der Waals surface area contributed by atoms with Crippen molar-refractivity contribution < 1.29 is 25.2 Å². The van der Waals surface area contributed by atoms with Gasteiger partial charge in [0.15, 0.2) is 0 Å². The fraction of sp³-hybridized carbons (Fsp3) is 0.462. The number of aliphatic hydroxyl groups excluding tert-OH is 4. The van der Waals surface area contributed by atoms with Gasteiger partial charge < -0.3 is 0 Å². The maximum absolute atomic E-state index is 12.4. The first kappa shape index (κ1) is 14.9. The summed E-state index contributed by atoms with van der Waals surface area (Å²) in [6.07, 6.45) is -5.28. The van der Waals surface area contributed by atoms with Gasteiger partial charge in [0.1, 0.15) is 0 Å². The fourth-order valence-electron chi connectivity index (χ4n) is 2.52. The Labute approximate surface area is 125 Å². The van der Waals surface area contributed by atoms with E-state index in [0.29, 0.717) is 5.39 Å². The van der Waals surface area contributed by atoms with E-state index in [0.717, 1.165) is 4.26 Å². The SMILES string of the molecule is O=c1c2ccccc2[se]n1[C@@H]1C(O)O[C@@H](CO)[C@H](O)[C@H]1O. The van der Waals surface area contributed by atoms with E-state index in [-0.39, 0.29) is 5.56 Å². The number of hydrogen-bond acceptors (Lipinski definition) is 6. The first-order valence-electron chi connectivity index (χ1n) is 6.45. The molecule has 1 saturated heterocycles. The van der Waals surface area contributed by atoms with Crippen molar-refractivity contribution in [1.82, 2.24) is 3.56 Å². The van der Waals surface area contributed by atoms with Crippen molar-refractivity contribution in [1.29, 1.82) is 0 Å². The molecule has 21 heavy (non-hydrogen) atoms. The van der Waals surface area contributed by atoms with E-state index < -0.39 is 52.0 Å². The monoisotopic (exact) mass is 361 g/mol. The molecule has 1 unspecified atom stereocenters. The van der Waals surface area contributed by atoms with Crippen LogP contribution in [0, 0.1) is 0 Å². The Morgan fingerprint density at radius 2 is 1.90 bits per heavy atom. The molecular weight excluding hydrogens is 345 g/mol. The van der Waals surface area contributed by atoms with Crippen LogP contribution in [0.5, 0.6) is 0 Å². The van der Waals surface area contributed by atoms with E-state index in [2.05, 4.69) is 0 Å². The van der Waals surface area contributed by atoms with E-state index in [9.17, 15) is 20.1 Å². The average molecular weight is 360 g/mol. The zero-order valence-electron chi connectivity index (χ0n) is 10.9. The minimum absolute atomic E-state index is 0.299. The van der Waals surface area contributed by atoms with E-state index in [1.165, 1.54) is 3.56 Å². The molecule has 0 amide bonds. The number of benzene rings is 1. The van der Waals surface area contributed by atoms with E-state index >= 15 is 0 Å². The third-order valence-corrected chi connectivity index (χ3v) is 6.08. The molecule has 1 aromatic heterocycles. The number of aromatic nitrogens is 1. The van der Waals surface area contributed by atoms with Crippen molar-refractivity contribution in [2.24, 2.45) is 0 Å². The Hall–Kier alpha value is -0.991. The molecule has 5 atom stereocenters. The predicted octanol–water partition coefficient (Wildman–Crippen LogP) is -1.97. The fourth-order valence-corrected chi connectivity index (χ4v) is 4.91. The zero-order chi connectivity index (χ0) is 15.1. The third-order valence-electron chi connectivity index (χ3n) is 3.65. The van der Waals surface area contributed by atoms with Crippen molar-refractivity contribution in [3.63, 3.8) is 0 Å². The summed E-state index contributed by atoms with van der Waals surface area (Å²) in [5.41, 5.74) is -0.299. The Kier molecular flexibility index (Phi) is 4.02. The summed E-state index contributed by atoms with van der Waals surface area (Å²) in [4.78, 5) is 12.4. The van der Waals surface area contributed by atoms with Crippen LogP contribution in [0.3, 0.4) is 0 Å². The van der Waals surface area contributed by atoms with Gasteiger partial charge in [-0.15, -0.1) is 0 Å². The maximum atomic E-state index is 12.4. The van der Waals surface area contributed by atoms with Gasteiger partial charge in [-0.05, 0) is 0 Å². The molecule has 8 heteroatoms. The van der Waals surface area contributed by atoms with Crippen LogP contribution in [0.25, 0.3) is 9.65 Å². The molecule has 0 bridgehead atoms. The number of ether oxygens (including phenoxy) is 1. The van der Waals surface area contributed by atoms with Gasteiger partial charge in [0.05, 0.1) is 0 Å². The molecule has 2 aromatic rings. The molecule has 0 saturated carbocycles. The van der Waals surface area contributed by atoms with Crippen molar-refractivity contribution in [3.05, 3.63) is 34.6 Å². The molecule has 1 aliphatic heterocycles. The molecule has 114 valence electrons. The molecule has 1 aliphatic rings. The molecule has 0 spiro atoms. The number of fused-ring (bicyclic) bond motifs is 1. The standard InChI is InChI=1S/C13H15NO6Se/c15-5-7-10(16)11(17)9(13(19)20-7)14-12(18)6-3-1-2-4-8(6)21-14/h1-4,7,9-11,13,15-17,19H,5H2/t7-,9-,10-,11-,13?/m0/s1. The Morgan fingerprint density at radius 3 is 2.57 bits per heavy atom. The molecule has 2 heterocycles. The zero-order valence-corrected chi connectivity index (χ0v) is 12.6. The van der Waals surface area contributed by atoms with Crippen LogP contribution in [-0.2, 0) is 4.74 Å². The van der Waals surface area contributed by atoms with Gasteiger partial charge in [0.25, 0.3) is 0 Å². The van der Waals surface area contributed by atoms with Gasteiger partial charge >= 0.3 is 125 Å². The summed E-state index contributed by atoms with van der Waals surface area (Å²) < 4.78 is 7.31. The number of nitrogens with zero attached hydrogens (tertiary/aromatic N) is 1. The van der Waals surface area contributed by atoms with Gasteiger partial charge in [0.2, 0.25) is 0 Å². The van der Waals surface area contributed by atoms with Crippen LogP contribution in [0.2, 0.25) is 0 Å². The van der Waals surface area contributed by atoms with E-state index in [1.807, 2.05) is 12.1 Å². The van der Waals surface area contributed by atoms with Crippen LogP contribution in [0.1, 0.15) is 6.04 Å². The van der Waals surface area contributed by atoms with Crippen LogP contribution < -0.4 is 5.56 Å². The van der Waals surface area contributed by atoms with E-state index in [1.54, 1.807) is 12.1 Å². The predicted molar refractivity (Wildman–Crippen MR) is 74.2 cm³/mol. The van der Waals surface area contributed by atoms with Crippen LogP contribution in [-0.4, -0.2) is 69.9 Å². The minimum atomic E-state index is -1.46. The quantitative estimate of drug-likeness (QED) is 0.463. The molecule has 0 aliphatic carbocycles. The van der Waals surface area contributed by atoms with Crippen molar-refractivity contribution in [3.8, 4) is 0 Å². The second-order valence-corrected chi connectivity index (χ2v) is 7.07. The second-order valence-electron chi connectivity index (χ2n) is 4.94. The number of hydrogen-bond donors (Lipinski definition) is 4. The van der Waals surface area contributed by atoms with Gasteiger partial charge in [-0.2, -0.15) is 0 Å². The molecule has 7 nitrogen and oxygen atoms in total. The van der Waals surface area contributed by atoms with Crippen LogP contribution >= 0.6 is 0 Å². The summed E-state index contributed by atoms with van der Waals surface area (Å²) in [6.45, 7) is -0.526. The Morgan fingerprint density at radius 1 is 1.19 bits per heavy atom. The number of aliphatic hydroxyl groups is 4. The molecule has 4 N–H and O–H groups in total. The summed E-state index contributed by atoms with van der Waals surface area (Å²) >= 11 is -0.407. The average Bonchev–Trinajstić information content (AvgIpc) is 2.81. The van der Waals surface area contributed by atoms with Crippen LogP contribution in [0.4, 0.5) is 0 Å². The van der Waals surface area contributed by atoms with Crippen LogP contribution in [0.15, 0.2) is 29.1 Å². The Balaban J connectivity index is 2.05. The van der Waals surface area contributed by atoms with Gasteiger partial charge in [0, 0.05) is 0 Å². The van der Waals surface area contributed by atoms with Crippen molar-refractivity contribution >= 4 is 24.4 Å². The molecular formula is C13H15NO6Se. The first-order valence-corrected chi connectivity index (χ1v) is 8.08. The summed E-state index contributed by atoms with van der Waals surface area (Å²) in [7, 11) is 0. The number of rotatable bonds is 2. The Bertz CT molecular complexity index is 697. The van der Waals surface area contributed by atoms with Gasteiger partial charge in [-0.3, -0.25) is 0 Å². The van der Waals surface area contributed by atoms with Crippen molar-refractivity contribution in [2.45, 2.75) is 30.6 Å². The molecule has 3 rings (SSSR count). The summed E-state index contributed by atoms with van der Waals surface area (Å²) in [6, 6.07) is 6.02. The summed E-state index contributed by atoms with van der Waals surface area (Å²) in [5, 5.41) is 39.7. The molecule has 1 fully saturated rings.